The van der Waals surface area contributed by atoms with E-state index in [0.29, 0.717) is 5.75 Å². The Kier molecular flexibility index (Phi) is 4.82. The summed E-state index contributed by atoms with van der Waals surface area (Å²) in [4.78, 5) is 0. The second-order valence-electron chi connectivity index (χ2n) is 3.95. The van der Waals surface area contributed by atoms with Crippen LogP contribution in [0.5, 0.6) is 5.75 Å². The van der Waals surface area contributed by atoms with E-state index in [2.05, 4.69) is 33.4 Å². The van der Waals surface area contributed by atoms with Crippen LogP contribution in [0.25, 0.3) is 0 Å². The standard InChI is InChI=1S/C15H13BrN2O/c16-13-6-4-12(5-7-13)11-18-14-2-1-3-15(10-14)19-9-8-17/h1-7,10,18H,9,11H2. The van der Waals surface area contributed by atoms with Gasteiger partial charge in [0, 0.05) is 22.8 Å². The summed E-state index contributed by atoms with van der Waals surface area (Å²) >= 11 is 3.41. The Morgan fingerprint density at radius 3 is 2.68 bits per heavy atom. The third-order valence-corrected chi connectivity index (χ3v) is 3.08. The summed E-state index contributed by atoms with van der Waals surface area (Å²) in [6.45, 7) is 0.811. The number of ether oxygens (including phenoxy) is 1. The highest BCUT2D eigenvalue weighted by Crippen LogP contribution is 2.18. The minimum absolute atomic E-state index is 0.0656. The molecule has 2 aromatic carbocycles. The van der Waals surface area contributed by atoms with Gasteiger partial charge in [-0.1, -0.05) is 34.1 Å². The molecular formula is C15H13BrN2O. The Labute approximate surface area is 121 Å². The molecule has 0 saturated carbocycles. The number of nitrogens with one attached hydrogen (secondary N) is 1. The van der Waals surface area contributed by atoms with E-state index < -0.39 is 0 Å². The van der Waals surface area contributed by atoms with E-state index in [1.165, 1.54) is 5.56 Å². The molecule has 0 aliphatic carbocycles. The summed E-state index contributed by atoms with van der Waals surface area (Å²) in [5.74, 6) is 0.697. The van der Waals surface area contributed by atoms with E-state index in [1.54, 1.807) is 0 Å². The maximum atomic E-state index is 8.48. The van der Waals surface area contributed by atoms with E-state index in [-0.39, 0.29) is 6.61 Å². The first kappa shape index (κ1) is 13.4. The van der Waals surface area contributed by atoms with Crippen molar-refractivity contribution in [1.29, 1.82) is 5.26 Å². The quantitative estimate of drug-likeness (QED) is 0.908. The van der Waals surface area contributed by atoms with Crippen molar-refractivity contribution in [2.45, 2.75) is 6.54 Å². The van der Waals surface area contributed by atoms with Gasteiger partial charge in [-0.2, -0.15) is 5.26 Å². The first-order valence-corrected chi connectivity index (χ1v) is 6.65. The molecule has 96 valence electrons. The largest absolute Gasteiger partial charge is 0.479 e. The van der Waals surface area contributed by atoms with Gasteiger partial charge in [-0.05, 0) is 29.8 Å². The van der Waals surface area contributed by atoms with Gasteiger partial charge in [0.1, 0.15) is 11.8 Å². The number of rotatable bonds is 5. The predicted molar refractivity (Wildman–Crippen MR) is 79.0 cm³/mol. The molecule has 0 unspecified atom stereocenters. The van der Waals surface area contributed by atoms with Crippen LogP contribution in [0.15, 0.2) is 53.0 Å². The Bertz CT molecular complexity index is 575. The monoisotopic (exact) mass is 316 g/mol. The number of anilines is 1. The van der Waals surface area contributed by atoms with E-state index in [0.717, 1.165) is 16.7 Å². The molecule has 0 saturated heterocycles. The SMILES string of the molecule is N#CCOc1cccc(NCc2ccc(Br)cc2)c1. The number of nitrogens with zero attached hydrogens (tertiary/aromatic N) is 1. The molecule has 2 rings (SSSR count). The number of halogens is 1. The lowest BCUT2D eigenvalue weighted by Gasteiger charge is -2.08. The summed E-state index contributed by atoms with van der Waals surface area (Å²) in [6.07, 6.45) is 0. The maximum Gasteiger partial charge on any atom is 0.174 e. The predicted octanol–water partition coefficient (Wildman–Crippen LogP) is 3.96. The first-order chi connectivity index (χ1) is 9.28. The van der Waals surface area contributed by atoms with Crippen LogP contribution < -0.4 is 10.1 Å². The van der Waals surface area contributed by atoms with Gasteiger partial charge in [-0.25, -0.2) is 0 Å². The van der Waals surface area contributed by atoms with E-state index >= 15 is 0 Å². The minimum atomic E-state index is 0.0656. The summed E-state index contributed by atoms with van der Waals surface area (Å²) in [5.41, 5.74) is 2.17. The van der Waals surface area contributed by atoms with Gasteiger partial charge in [-0.3, -0.25) is 0 Å². The number of hydrogen-bond acceptors (Lipinski definition) is 3. The van der Waals surface area contributed by atoms with Crippen LogP contribution in [0.2, 0.25) is 0 Å². The van der Waals surface area contributed by atoms with Crippen LogP contribution in [0.1, 0.15) is 5.56 Å². The highest BCUT2D eigenvalue weighted by molar-refractivity contribution is 9.10. The van der Waals surface area contributed by atoms with Gasteiger partial charge in [0.25, 0.3) is 0 Å². The summed E-state index contributed by atoms with van der Waals surface area (Å²) in [5, 5.41) is 11.8. The van der Waals surface area contributed by atoms with Crippen molar-refractivity contribution in [3.05, 3.63) is 58.6 Å². The van der Waals surface area contributed by atoms with Crippen LogP contribution in [-0.2, 0) is 6.54 Å². The molecule has 0 atom stereocenters. The molecule has 0 aromatic heterocycles. The molecule has 0 amide bonds. The van der Waals surface area contributed by atoms with Gasteiger partial charge in [-0.15, -0.1) is 0 Å². The van der Waals surface area contributed by atoms with E-state index in [1.807, 2.05) is 42.5 Å². The topological polar surface area (TPSA) is 45.0 Å². The molecule has 0 spiro atoms. The lowest BCUT2D eigenvalue weighted by atomic mass is 10.2. The van der Waals surface area contributed by atoms with E-state index in [9.17, 15) is 0 Å². The summed E-state index contributed by atoms with van der Waals surface area (Å²) < 4.78 is 6.33. The van der Waals surface area contributed by atoms with Gasteiger partial charge in [0.05, 0.1) is 0 Å². The lowest BCUT2D eigenvalue weighted by Crippen LogP contribution is -2.00. The third-order valence-electron chi connectivity index (χ3n) is 2.55. The Morgan fingerprint density at radius 1 is 1.16 bits per heavy atom. The first-order valence-electron chi connectivity index (χ1n) is 5.86. The molecule has 0 heterocycles. The highest BCUT2D eigenvalue weighted by Gasteiger charge is 1.97. The van der Waals surface area contributed by atoms with Crippen molar-refractivity contribution in [2.75, 3.05) is 11.9 Å². The zero-order chi connectivity index (χ0) is 13.5. The smallest absolute Gasteiger partial charge is 0.174 e. The van der Waals surface area contributed by atoms with Gasteiger partial charge in [0.2, 0.25) is 0 Å². The molecule has 4 heteroatoms. The average Bonchev–Trinajstić information content (AvgIpc) is 2.45. The molecule has 2 aromatic rings. The number of benzene rings is 2. The number of nitriles is 1. The third kappa shape index (κ3) is 4.31. The van der Waals surface area contributed by atoms with Crippen molar-refractivity contribution in [3.8, 4) is 11.8 Å². The fourth-order valence-electron chi connectivity index (χ4n) is 1.62. The Balaban J connectivity index is 1.95. The van der Waals surface area contributed by atoms with Crippen molar-refractivity contribution in [3.63, 3.8) is 0 Å². The Hall–Kier alpha value is -1.99. The fraction of sp³-hybridized carbons (Fsp3) is 0.133. The Morgan fingerprint density at radius 2 is 1.95 bits per heavy atom. The molecule has 19 heavy (non-hydrogen) atoms. The van der Waals surface area contributed by atoms with Crippen LogP contribution in [0.4, 0.5) is 5.69 Å². The van der Waals surface area contributed by atoms with Crippen LogP contribution in [-0.4, -0.2) is 6.61 Å². The number of hydrogen-bond donors (Lipinski definition) is 1. The van der Waals surface area contributed by atoms with Crippen LogP contribution >= 0.6 is 15.9 Å². The van der Waals surface area contributed by atoms with Gasteiger partial charge >= 0.3 is 0 Å². The molecule has 0 aliphatic heterocycles. The van der Waals surface area contributed by atoms with Crippen molar-refractivity contribution >= 4 is 21.6 Å². The molecular weight excluding hydrogens is 304 g/mol. The zero-order valence-corrected chi connectivity index (χ0v) is 11.9. The fourth-order valence-corrected chi connectivity index (χ4v) is 1.88. The maximum absolute atomic E-state index is 8.48. The van der Waals surface area contributed by atoms with Crippen molar-refractivity contribution in [2.24, 2.45) is 0 Å². The van der Waals surface area contributed by atoms with Gasteiger partial charge < -0.3 is 10.1 Å². The minimum Gasteiger partial charge on any atom is -0.479 e. The van der Waals surface area contributed by atoms with E-state index in [4.69, 9.17) is 10.00 Å². The normalized spacial score (nSPS) is 9.68. The lowest BCUT2D eigenvalue weighted by molar-refractivity contribution is 0.368. The molecule has 0 fully saturated rings. The molecule has 1 N–H and O–H groups in total. The molecule has 3 nitrogen and oxygen atoms in total. The molecule has 0 bridgehead atoms. The van der Waals surface area contributed by atoms with Gasteiger partial charge in [0.15, 0.2) is 6.61 Å². The highest BCUT2D eigenvalue weighted by atomic mass is 79.9. The second kappa shape index (κ2) is 6.81. The second-order valence-corrected chi connectivity index (χ2v) is 4.87. The molecule has 0 radical (unpaired) electrons. The van der Waals surface area contributed by atoms with Crippen molar-refractivity contribution in [1.82, 2.24) is 0 Å². The molecule has 0 aliphatic rings. The zero-order valence-electron chi connectivity index (χ0n) is 10.3. The summed E-state index contributed by atoms with van der Waals surface area (Å²) in [6, 6.07) is 17.7. The van der Waals surface area contributed by atoms with Crippen molar-refractivity contribution < 1.29 is 4.74 Å². The van der Waals surface area contributed by atoms with Crippen LogP contribution in [0.3, 0.4) is 0 Å². The summed E-state index contributed by atoms with van der Waals surface area (Å²) in [7, 11) is 0. The van der Waals surface area contributed by atoms with Crippen LogP contribution in [0, 0.1) is 11.3 Å². The average molecular weight is 317 g/mol.